The van der Waals surface area contributed by atoms with Crippen molar-refractivity contribution in [3.05, 3.63) is 0 Å². The van der Waals surface area contributed by atoms with Crippen LogP contribution in [0.1, 0.15) is 121 Å². The minimum absolute atomic E-state index is 0.919. The zero-order valence-electron chi connectivity index (χ0n) is 19.1. The molecule has 148 valence electrons. The molecular weight excluding hydrogens is 288 g/mol. The summed E-state index contributed by atoms with van der Waals surface area (Å²) < 4.78 is 0. The van der Waals surface area contributed by atoms with E-state index in [1.54, 1.807) is 0 Å². The Hall–Kier alpha value is 0. The first kappa shape index (κ1) is 26.2. The van der Waals surface area contributed by atoms with Crippen LogP contribution in [0.5, 0.6) is 0 Å². The van der Waals surface area contributed by atoms with Gasteiger partial charge in [0.05, 0.1) is 0 Å². The molecule has 0 N–H and O–H groups in total. The molecule has 0 radical (unpaired) electrons. The third-order valence-electron chi connectivity index (χ3n) is 5.92. The topological polar surface area (TPSA) is 0 Å². The van der Waals surface area contributed by atoms with E-state index in [-0.39, 0.29) is 0 Å². The first-order valence-corrected chi connectivity index (χ1v) is 11.4. The Labute approximate surface area is 156 Å². The van der Waals surface area contributed by atoms with Gasteiger partial charge in [0.1, 0.15) is 0 Å². The summed E-state index contributed by atoms with van der Waals surface area (Å²) in [5, 5.41) is 0. The highest BCUT2D eigenvalue weighted by Gasteiger charge is 2.21. The highest BCUT2D eigenvalue weighted by atomic mass is 14.3. The predicted octanol–water partition coefficient (Wildman–Crippen LogP) is 8.99. The molecule has 0 saturated heterocycles. The van der Waals surface area contributed by atoms with E-state index in [1.807, 2.05) is 27.7 Å². The van der Waals surface area contributed by atoms with E-state index in [2.05, 4.69) is 41.5 Å². The maximum absolute atomic E-state index is 2.40. The molecule has 0 aromatic heterocycles. The predicted molar refractivity (Wildman–Crippen MR) is 115 cm³/mol. The number of hydrogen-bond acceptors (Lipinski definition) is 0. The maximum atomic E-state index is 2.40. The van der Waals surface area contributed by atoms with Crippen LogP contribution >= 0.6 is 0 Å². The van der Waals surface area contributed by atoms with E-state index >= 15 is 0 Å². The SMILES string of the molecule is CC.CC.CC1CCC(C(C)C)CC1.CC1CCCC(C(C)C)C1. The van der Waals surface area contributed by atoms with Crippen LogP contribution in [0.3, 0.4) is 0 Å². The smallest absolute Gasteiger partial charge is 0.0389 e. The van der Waals surface area contributed by atoms with E-state index in [0.29, 0.717) is 0 Å². The second kappa shape index (κ2) is 16.5. The van der Waals surface area contributed by atoms with Gasteiger partial charge < -0.3 is 0 Å². The van der Waals surface area contributed by atoms with Crippen LogP contribution in [-0.2, 0) is 0 Å². The Morgan fingerprint density at radius 1 is 0.542 bits per heavy atom. The Kier molecular flexibility index (Phi) is 18.0. The summed E-state index contributed by atoms with van der Waals surface area (Å²) in [4.78, 5) is 0. The summed E-state index contributed by atoms with van der Waals surface area (Å²) in [5.41, 5.74) is 0. The van der Waals surface area contributed by atoms with Crippen molar-refractivity contribution in [3.8, 4) is 0 Å². The lowest BCUT2D eigenvalue weighted by molar-refractivity contribution is 0.226. The second-order valence-electron chi connectivity index (χ2n) is 8.54. The lowest BCUT2D eigenvalue weighted by Gasteiger charge is -2.29. The Morgan fingerprint density at radius 3 is 1.33 bits per heavy atom. The van der Waals surface area contributed by atoms with E-state index < -0.39 is 0 Å². The summed E-state index contributed by atoms with van der Waals surface area (Å²) in [7, 11) is 0. The first-order valence-electron chi connectivity index (χ1n) is 11.4. The summed E-state index contributed by atoms with van der Waals surface area (Å²) in [6.45, 7) is 22.2. The van der Waals surface area contributed by atoms with Crippen molar-refractivity contribution in [1.82, 2.24) is 0 Å². The molecule has 2 rings (SSSR count). The largest absolute Gasteiger partial charge is 0.0683 e. The molecule has 2 unspecified atom stereocenters. The van der Waals surface area contributed by atoms with Crippen molar-refractivity contribution < 1.29 is 0 Å². The monoisotopic (exact) mass is 340 g/mol. The minimum atomic E-state index is 0.919. The lowest BCUT2D eigenvalue weighted by atomic mass is 9.77. The van der Waals surface area contributed by atoms with Crippen LogP contribution in [0.25, 0.3) is 0 Å². The van der Waals surface area contributed by atoms with Gasteiger partial charge in [-0.2, -0.15) is 0 Å². The molecular formula is C24H52. The van der Waals surface area contributed by atoms with Gasteiger partial charge in [-0.15, -0.1) is 0 Å². The Balaban J connectivity index is 0. The van der Waals surface area contributed by atoms with Gasteiger partial charge in [0, 0.05) is 0 Å². The molecule has 2 atom stereocenters. The van der Waals surface area contributed by atoms with E-state index in [4.69, 9.17) is 0 Å². The molecule has 0 heteroatoms. The van der Waals surface area contributed by atoms with Crippen molar-refractivity contribution in [2.45, 2.75) is 121 Å². The van der Waals surface area contributed by atoms with Crippen LogP contribution in [-0.4, -0.2) is 0 Å². The van der Waals surface area contributed by atoms with Crippen LogP contribution in [0.4, 0.5) is 0 Å². The fourth-order valence-corrected chi connectivity index (χ4v) is 4.04. The van der Waals surface area contributed by atoms with Gasteiger partial charge in [-0.05, 0) is 54.8 Å². The van der Waals surface area contributed by atoms with Gasteiger partial charge in [-0.3, -0.25) is 0 Å². The lowest BCUT2D eigenvalue weighted by Crippen LogP contribution is -2.17. The van der Waals surface area contributed by atoms with Gasteiger partial charge in [0.15, 0.2) is 0 Å². The van der Waals surface area contributed by atoms with Crippen LogP contribution in [0, 0.1) is 35.5 Å². The Morgan fingerprint density at radius 2 is 1.00 bits per heavy atom. The zero-order valence-corrected chi connectivity index (χ0v) is 19.1. The fourth-order valence-electron chi connectivity index (χ4n) is 4.04. The minimum Gasteiger partial charge on any atom is -0.0683 e. The normalized spacial score (nSPS) is 29.5. The molecule has 2 aliphatic rings. The van der Waals surface area contributed by atoms with Gasteiger partial charge in [0.25, 0.3) is 0 Å². The summed E-state index contributed by atoms with van der Waals surface area (Å²) in [6.07, 6.45) is 11.8. The van der Waals surface area contributed by atoms with Crippen LogP contribution in [0.15, 0.2) is 0 Å². The third kappa shape index (κ3) is 12.4. The van der Waals surface area contributed by atoms with Gasteiger partial charge >= 0.3 is 0 Å². The molecule has 0 amide bonds. The molecule has 2 fully saturated rings. The third-order valence-corrected chi connectivity index (χ3v) is 5.92. The second-order valence-corrected chi connectivity index (χ2v) is 8.54. The average molecular weight is 341 g/mol. The summed E-state index contributed by atoms with van der Waals surface area (Å²) in [5.74, 6) is 5.92. The summed E-state index contributed by atoms with van der Waals surface area (Å²) in [6, 6.07) is 0. The standard InChI is InChI=1S/2C10H20.2C2H6/c1-8(2)10-6-4-9(3)5-7-10;1-8(2)10-6-4-5-9(3)7-10;2*1-2/h2*8-10H,4-7H2,1-3H3;2*1-2H3. The Bertz CT molecular complexity index is 232. The van der Waals surface area contributed by atoms with Gasteiger partial charge in [0.2, 0.25) is 0 Å². The van der Waals surface area contributed by atoms with Crippen molar-refractivity contribution in [3.63, 3.8) is 0 Å². The first-order chi connectivity index (χ1) is 11.4. The van der Waals surface area contributed by atoms with Crippen LogP contribution in [0.2, 0.25) is 0 Å². The van der Waals surface area contributed by atoms with Crippen LogP contribution < -0.4 is 0 Å². The number of rotatable bonds is 2. The summed E-state index contributed by atoms with van der Waals surface area (Å²) >= 11 is 0. The maximum Gasteiger partial charge on any atom is -0.0389 e. The van der Waals surface area contributed by atoms with E-state index in [0.717, 1.165) is 35.5 Å². The molecule has 0 heterocycles. The molecule has 2 aliphatic carbocycles. The molecule has 0 spiro atoms. The molecule has 0 bridgehead atoms. The molecule has 0 aromatic carbocycles. The zero-order chi connectivity index (χ0) is 19.1. The highest BCUT2D eigenvalue weighted by Crippen LogP contribution is 2.33. The fraction of sp³-hybridized carbons (Fsp3) is 1.00. The van der Waals surface area contributed by atoms with E-state index in [1.165, 1.54) is 51.4 Å². The van der Waals surface area contributed by atoms with Gasteiger partial charge in [-0.1, -0.05) is 101 Å². The number of hydrogen-bond donors (Lipinski definition) is 0. The molecule has 0 aromatic rings. The van der Waals surface area contributed by atoms with Gasteiger partial charge in [-0.25, -0.2) is 0 Å². The van der Waals surface area contributed by atoms with E-state index in [9.17, 15) is 0 Å². The molecule has 0 aliphatic heterocycles. The van der Waals surface area contributed by atoms with Crippen molar-refractivity contribution in [1.29, 1.82) is 0 Å². The van der Waals surface area contributed by atoms with Crippen molar-refractivity contribution >= 4 is 0 Å². The highest BCUT2D eigenvalue weighted by molar-refractivity contribution is 4.72. The molecule has 0 nitrogen and oxygen atoms in total. The van der Waals surface area contributed by atoms with Crippen molar-refractivity contribution in [2.75, 3.05) is 0 Å². The average Bonchev–Trinajstić information content (AvgIpc) is 2.59. The molecule has 2 saturated carbocycles. The quantitative estimate of drug-likeness (QED) is 0.470. The molecule has 24 heavy (non-hydrogen) atoms. The van der Waals surface area contributed by atoms with Crippen molar-refractivity contribution in [2.24, 2.45) is 35.5 Å².